The lowest BCUT2D eigenvalue weighted by Crippen LogP contribution is -2.46. The number of sulfone groups is 1. The molecule has 0 spiro atoms. The highest BCUT2D eigenvalue weighted by Crippen LogP contribution is 2.28. The summed E-state index contributed by atoms with van der Waals surface area (Å²) in [5.41, 5.74) is 1.14. The van der Waals surface area contributed by atoms with Gasteiger partial charge in [-0.15, -0.1) is 0 Å². The Hall–Kier alpha value is -3.76. The maximum atomic E-state index is 14.7. The van der Waals surface area contributed by atoms with Gasteiger partial charge in [-0.3, -0.25) is 0 Å². The largest absolute Gasteiger partial charge is 0.495 e. The Morgan fingerprint density at radius 1 is 1.25 bits per heavy atom. The number of allylic oxidation sites excluding steroid dienone is 1. The van der Waals surface area contributed by atoms with E-state index in [2.05, 4.69) is 27.6 Å². The molecule has 0 saturated carbocycles. The number of halogens is 4. The second-order valence-electron chi connectivity index (χ2n) is 9.45. The molecule has 1 aromatic carbocycles. The molecule has 8 nitrogen and oxygen atoms in total. The Labute approximate surface area is 229 Å². The lowest BCUT2D eigenvalue weighted by Gasteiger charge is -2.33. The van der Waals surface area contributed by atoms with Gasteiger partial charge >= 0.3 is 6.18 Å². The van der Waals surface area contributed by atoms with E-state index in [1.165, 1.54) is 23.8 Å². The highest BCUT2D eigenvalue weighted by Gasteiger charge is 2.28. The van der Waals surface area contributed by atoms with Gasteiger partial charge in [0, 0.05) is 37.1 Å². The Bertz CT molecular complexity index is 1570. The van der Waals surface area contributed by atoms with E-state index in [1.54, 1.807) is 24.3 Å². The van der Waals surface area contributed by atoms with Crippen molar-refractivity contribution in [1.29, 1.82) is 0 Å². The van der Waals surface area contributed by atoms with Crippen LogP contribution in [0.3, 0.4) is 0 Å². The first kappa shape index (κ1) is 29.2. The number of likely N-dealkylation sites (tertiary alicyclic amines) is 1. The number of piperidine rings is 1. The Morgan fingerprint density at radius 3 is 2.70 bits per heavy atom. The lowest BCUT2D eigenvalue weighted by atomic mass is 10.0. The molecule has 0 bridgehead atoms. The summed E-state index contributed by atoms with van der Waals surface area (Å²) in [7, 11) is -0.183. The SMILES string of the molecule is COc1cc(S(C)(=O)=O)ccc1NCC#Cc1nn2c(N[C@@H]3CCN(C)C[C@@H]3F)cccc2c1/C=C/C(F)(F)F. The van der Waals surface area contributed by atoms with Crippen molar-refractivity contribution < 1.29 is 30.7 Å². The van der Waals surface area contributed by atoms with Crippen LogP contribution in [0.1, 0.15) is 17.7 Å². The van der Waals surface area contributed by atoms with Gasteiger partial charge in [-0.1, -0.05) is 12.0 Å². The maximum Gasteiger partial charge on any atom is 0.409 e. The molecule has 2 aromatic heterocycles. The molecule has 2 atom stereocenters. The van der Waals surface area contributed by atoms with Crippen LogP contribution in [-0.4, -0.2) is 81.4 Å². The third kappa shape index (κ3) is 7.05. The quantitative estimate of drug-likeness (QED) is 0.320. The summed E-state index contributed by atoms with van der Waals surface area (Å²) in [4.78, 5) is 1.99. The summed E-state index contributed by atoms with van der Waals surface area (Å²) in [6, 6.07) is 8.85. The van der Waals surface area contributed by atoms with Crippen molar-refractivity contribution in [3.05, 3.63) is 53.7 Å². The number of fused-ring (bicyclic) bond motifs is 1. The summed E-state index contributed by atoms with van der Waals surface area (Å²) >= 11 is 0. The average molecular weight is 580 g/mol. The lowest BCUT2D eigenvalue weighted by molar-refractivity contribution is -0.0790. The Morgan fingerprint density at radius 2 is 2.02 bits per heavy atom. The number of pyridine rings is 1. The van der Waals surface area contributed by atoms with Crippen LogP contribution in [0.5, 0.6) is 5.75 Å². The molecule has 0 aliphatic carbocycles. The fraction of sp³-hybridized carbons (Fsp3) is 0.370. The molecule has 1 aliphatic heterocycles. The monoisotopic (exact) mass is 579 g/mol. The summed E-state index contributed by atoms with van der Waals surface area (Å²) < 4.78 is 84.1. The topological polar surface area (TPSA) is 88.0 Å². The van der Waals surface area contributed by atoms with Gasteiger partial charge in [0.1, 0.15) is 23.4 Å². The van der Waals surface area contributed by atoms with Crippen molar-refractivity contribution in [3.8, 4) is 17.6 Å². The molecule has 1 aliphatic rings. The smallest absolute Gasteiger partial charge is 0.409 e. The second kappa shape index (κ2) is 11.8. The van der Waals surface area contributed by atoms with E-state index in [-0.39, 0.29) is 35.3 Å². The van der Waals surface area contributed by atoms with Crippen LogP contribution in [0.2, 0.25) is 0 Å². The van der Waals surface area contributed by atoms with Crippen molar-refractivity contribution in [3.63, 3.8) is 0 Å². The standard InChI is InChI=1S/C27H29F4N5O3S/c1-35-15-12-22(20(28)17-35)33-26-8-4-7-24-19(11-13-27(29,30)31)21(34-36(24)26)6-5-14-32-23-10-9-18(40(3,37)38)16-25(23)39-2/h4,7-11,13,16,20,22,32-33H,12,14-15,17H2,1-3H3/b13-11+/t20-,22+/m0/s1. The minimum absolute atomic E-state index is 0.0646. The number of nitrogens with one attached hydrogen (secondary N) is 2. The summed E-state index contributed by atoms with van der Waals surface area (Å²) in [5, 5.41) is 10.6. The molecule has 40 heavy (non-hydrogen) atoms. The highest BCUT2D eigenvalue weighted by atomic mass is 32.2. The van der Waals surface area contributed by atoms with E-state index in [1.807, 2.05) is 11.9 Å². The van der Waals surface area contributed by atoms with Gasteiger partial charge in [0.2, 0.25) is 0 Å². The van der Waals surface area contributed by atoms with Gasteiger partial charge < -0.3 is 20.3 Å². The molecule has 2 N–H and O–H groups in total. The molecule has 3 heterocycles. The third-order valence-corrected chi connectivity index (χ3v) is 7.50. The molecule has 214 valence electrons. The summed E-state index contributed by atoms with van der Waals surface area (Å²) in [5.74, 6) is 6.40. The predicted octanol–water partition coefficient (Wildman–Crippen LogP) is 4.24. The average Bonchev–Trinajstić information content (AvgIpc) is 3.24. The number of ether oxygens (including phenoxy) is 1. The normalized spacial score (nSPS) is 18.5. The summed E-state index contributed by atoms with van der Waals surface area (Å²) in [6.45, 7) is 1.05. The molecule has 1 saturated heterocycles. The number of alkyl halides is 4. The minimum atomic E-state index is -4.54. The number of methoxy groups -OCH3 is 1. The van der Waals surface area contributed by atoms with E-state index >= 15 is 0 Å². The first-order chi connectivity index (χ1) is 18.9. The third-order valence-electron chi connectivity index (χ3n) is 6.39. The van der Waals surface area contributed by atoms with Gasteiger partial charge in [-0.25, -0.2) is 17.3 Å². The maximum absolute atomic E-state index is 14.7. The van der Waals surface area contributed by atoms with Crippen LogP contribution in [-0.2, 0) is 9.84 Å². The van der Waals surface area contributed by atoms with Crippen LogP contribution >= 0.6 is 0 Å². The van der Waals surface area contributed by atoms with Crippen LogP contribution in [0.25, 0.3) is 11.6 Å². The van der Waals surface area contributed by atoms with Crippen LogP contribution in [0.4, 0.5) is 29.1 Å². The molecular weight excluding hydrogens is 550 g/mol. The van der Waals surface area contributed by atoms with Gasteiger partial charge in [0.25, 0.3) is 0 Å². The van der Waals surface area contributed by atoms with Crippen LogP contribution in [0.15, 0.2) is 47.4 Å². The van der Waals surface area contributed by atoms with E-state index in [4.69, 9.17) is 4.74 Å². The Balaban J connectivity index is 1.63. The van der Waals surface area contributed by atoms with Crippen LogP contribution in [0, 0.1) is 11.8 Å². The molecular formula is C27H29F4N5O3S. The van der Waals surface area contributed by atoms with Crippen molar-refractivity contribution in [1.82, 2.24) is 14.5 Å². The Kier molecular flexibility index (Phi) is 8.60. The van der Waals surface area contributed by atoms with Crippen molar-refractivity contribution in [2.24, 2.45) is 0 Å². The molecule has 4 rings (SSSR count). The van der Waals surface area contributed by atoms with Crippen molar-refractivity contribution in [2.75, 3.05) is 50.7 Å². The number of nitrogens with zero attached hydrogens (tertiary/aromatic N) is 3. The van der Waals surface area contributed by atoms with Gasteiger partial charge in [-0.05, 0) is 49.7 Å². The van der Waals surface area contributed by atoms with E-state index in [0.717, 1.165) is 12.3 Å². The first-order valence-corrected chi connectivity index (χ1v) is 14.2. The molecule has 0 amide bonds. The van der Waals surface area contributed by atoms with Gasteiger partial charge in [0.15, 0.2) is 9.84 Å². The van der Waals surface area contributed by atoms with E-state index in [9.17, 15) is 26.0 Å². The second-order valence-corrected chi connectivity index (χ2v) is 11.5. The highest BCUT2D eigenvalue weighted by molar-refractivity contribution is 7.90. The number of benzene rings is 1. The van der Waals surface area contributed by atoms with Crippen molar-refractivity contribution >= 4 is 32.9 Å². The van der Waals surface area contributed by atoms with Gasteiger partial charge in [-0.2, -0.15) is 18.3 Å². The molecule has 0 unspecified atom stereocenters. The number of hydrogen-bond acceptors (Lipinski definition) is 7. The molecule has 13 heteroatoms. The van der Waals surface area contributed by atoms with Crippen molar-refractivity contribution in [2.45, 2.75) is 29.7 Å². The van der Waals surface area contributed by atoms with Crippen LogP contribution < -0.4 is 15.4 Å². The van der Waals surface area contributed by atoms with Gasteiger partial charge in [0.05, 0.1) is 35.8 Å². The number of aromatic nitrogens is 2. The zero-order valence-electron chi connectivity index (χ0n) is 22.1. The summed E-state index contributed by atoms with van der Waals surface area (Å²) in [6.07, 6.45) is -2.97. The predicted molar refractivity (Wildman–Crippen MR) is 146 cm³/mol. The minimum Gasteiger partial charge on any atom is -0.495 e. The molecule has 3 aromatic rings. The van der Waals surface area contributed by atoms with E-state index in [0.29, 0.717) is 35.7 Å². The number of rotatable bonds is 7. The number of hydrogen-bond donors (Lipinski definition) is 2. The fourth-order valence-corrected chi connectivity index (χ4v) is 4.99. The van der Waals surface area contributed by atoms with E-state index < -0.39 is 28.2 Å². The molecule has 1 fully saturated rings. The number of anilines is 2. The zero-order chi connectivity index (χ0) is 29.1. The first-order valence-electron chi connectivity index (χ1n) is 12.3. The fourth-order valence-electron chi connectivity index (χ4n) is 4.36. The molecule has 0 radical (unpaired) electrons. The zero-order valence-corrected chi connectivity index (χ0v) is 22.9.